The van der Waals surface area contributed by atoms with Gasteiger partial charge in [-0.25, -0.2) is 4.79 Å². The lowest BCUT2D eigenvalue weighted by Gasteiger charge is -2.20. The molecular weight excluding hydrogens is 334 g/mol. The van der Waals surface area contributed by atoms with E-state index in [1.54, 1.807) is 6.08 Å². The van der Waals surface area contributed by atoms with Crippen molar-refractivity contribution >= 4 is 22.8 Å². The highest BCUT2D eigenvalue weighted by Gasteiger charge is 2.05. The Labute approximate surface area is 160 Å². The van der Waals surface area contributed by atoms with Crippen molar-refractivity contribution in [2.75, 3.05) is 19.7 Å². The molecule has 0 heterocycles. The zero-order valence-corrected chi connectivity index (χ0v) is 15.7. The standard InChI is InChI=1S/C24H25NO2/c1-2-25(19-21-8-4-3-5-9-21)16-17-27-24(26)15-13-20-12-14-22-10-6-7-11-23(22)18-20/h3-15,18H,2,16-17,19H2,1H3/b15-13+. The third kappa shape index (κ3) is 5.80. The van der Waals surface area contributed by atoms with Crippen LogP contribution in [0.1, 0.15) is 18.1 Å². The number of esters is 1. The van der Waals surface area contributed by atoms with E-state index in [0.29, 0.717) is 6.61 Å². The van der Waals surface area contributed by atoms with Crippen molar-refractivity contribution in [2.45, 2.75) is 13.5 Å². The molecule has 0 radical (unpaired) electrons. The molecule has 3 aromatic rings. The predicted molar refractivity (Wildman–Crippen MR) is 111 cm³/mol. The molecule has 0 amide bonds. The Balaban J connectivity index is 1.47. The summed E-state index contributed by atoms with van der Waals surface area (Å²) in [6.07, 6.45) is 3.30. The normalized spacial score (nSPS) is 11.3. The molecule has 0 bridgehead atoms. The fourth-order valence-corrected chi connectivity index (χ4v) is 2.99. The number of hydrogen-bond acceptors (Lipinski definition) is 3. The Hall–Kier alpha value is -2.91. The van der Waals surface area contributed by atoms with Gasteiger partial charge >= 0.3 is 5.97 Å². The molecule has 0 unspecified atom stereocenters. The van der Waals surface area contributed by atoms with Crippen LogP contribution in [0, 0.1) is 0 Å². The summed E-state index contributed by atoms with van der Waals surface area (Å²) in [7, 11) is 0. The molecular formula is C24H25NO2. The van der Waals surface area contributed by atoms with Crippen LogP contribution in [0.5, 0.6) is 0 Å². The average Bonchev–Trinajstić information content (AvgIpc) is 2.72. The van der Waals surface area contributed by atoms with Gasteiger partial charge in [-0.1, -0.05) is 73.7 Å². The summed E-state index contributed by atoms with van der Waals surface area (Å²) in [6.45, 7) is 5.01. The van der Waals surface area contributed by atoms with Gasteiger partial charge < -0.3 is 4.74 Å². The molecule has 0 aromatic heterocycles. The number of hydrogen-bond donors (Lipinski definition) is 0. The summed E-state index contributed by atoms with van der Waals surface area (Å²) in [5.41, 5.74) is 2.26. The molecule has 0 atom stereocenters. The summed E-state index contributed by atoms with van der Waals surface area (Å²) in [6, 6.07) is 24.6. The molecule has 0 aliphatic heterocycles. The molecule has 0 saturated heterocycles. The minimum atomic E-state index is -0.307. The predicted octanol–water partition coefficient (Wildman–Crippen LogP) is 4.92. The number of carbonyl (C=O) groups excluding carboxylic acids is 1. The molecule has 0 N–H and O–H groups in total. The van der Waals surface area contributed by atoms with Gasteiger partial charge in [-0.2, -0.15) is 0 Å². The van der Waals surface area contributed by atoms with Gasteiger partial charge in [0.15, 0.2) is 0 Å². The first-order valence-electron chi connectivity index (χ1n) is 9.34. The molecule has 3 rings (SSSR count). The number of nitrogens with zero attached hydrogens (tertiary/aromatic N) is 1. The Kier molecular flexibility index (Phi) is 6.78. The highest BCUT2D eigenvalue weighted by atomic mass is 16.5. The van der Waals surface area contributed by atoms with E-state index in [1.807, 2.05) is 36.4 Å². The van der Waals surface area contributed by atoms with Crippen LogP contribution in [0.15, 0.2) is 78.9 Å². The van der Waals surface area contributed by atoms with Gasteiger partial charge in [0.05, 0.1) is 0 Å². The van der Waals surface area contributed by atoms with E-state index >= 15 is 0 Å². The molecule has 138 valence electrons. The summed E-state index contributed by atoms with van der Waals surface area (Å²) >= 11 is 0. The highest BCUT2D eigenvalue weighted by molar-refractivity contribution is 5.89. The molecule has 0 fully saturated rings. The van der Waals surface area contributed by atoms with Gasteiger partial charge in [-0.15, -0.1) is 0 Å². The first kappa shape index (κ1) is 18.9. The number of rotatable bonds is 8. The maximum Gasteiger partial charge on any atom is 0.330 e. The van der Waals surface area contributed by atoms with Gasteiger partial charge in [-0.3, -0.25) is 4.90 Å². The van der Waals surface area contributed by atoms with E-state index in [1.165, 1.54) is 17.0 Å². The van der Waals surface area contributed by atoms with Crippen LogP contribution in [0.25, 0.3) is 16.8 Å². The van der Waals surface area contributed by atoms with Crippen molar-refractivity contribution in [1.82, 2.24) is 4.90 Å². The third-order valence-corrected chi connectivity index (χ3v) is 4.53. The smallest absolute Gasteiger partial charge is 0.330 e. The minimum absolute atomic E-state index is 0.307. The summed E-state index contributed by atoms with van der Waals surface area (Å²) in [4.78, 5) is 14.2. The van der Waals surface area contributed by atoms with Crippen molar-refractivity contribution < 1.29 is 9.53 Å². The monoisotopic (exact) mass is 359 g/mol. The van der Waals surface area contributed by atoms with Crippen LogP contribution in [-0.4, -0.2) is 30.6 Å². The topological polar surface area (TPSA) is 29.5 Å². The Morgan fingerprint density at radius 3 is 2.48 bits per heavy atom. The molecule has 0 aliphatic carbocycles. The lowest BCUT2D eigenvalue weighted by molar-refractivity contribution is -0.138. The number of ether oxygens (including phenoxy) is 1. The molecule has 3 heteroatoms. The van der Waals surface area contributed by atoms with E-state index in [9.17, 15) is 4.79 Å². The van der Waals surface area contributed by atoms with Crippen LogP contribution in [-0.2, 0) is 16.1 Å². The van der Waals surface area contributed by atoms with Crippen molar-refractivity contribution in [3.8, 4) is 0 Å². The molecule has 0 spiro atoms. The van der Waals surface area contributed by atoms with Crippen molar-refractivity contribution in [2.24, 2.45) is 0 Å². The second-order valence-electron chi connectivity index (χ2n) is 6.46. The first-order chi connectivity index (χ1) is 13.2. The first-order valence-corrected chi connectivity index (χ1v) is 9.34. The van der Waals surface area contributed by atoms with E-state index < -0.39 is 0 Å². The minimum Gasteiger partial charge on any atom is -0.461 e. The zero-order valence-electron chi connectivity index (χ0n) is 15.7. The number of likely N-dealkylation sites (N-methyl/N-ethyl adjacent to an activating group) is 1. The Morgan fingerprint density at radius 1 is 0.963 bits per heavy atom. The average molecular weight is 359 g/mol. The van der Waals surface area contributed by atoms with Crippen molar-refractivity contribution in [3.63, 3.8) is 0 Å². The number of carbonyl (C=O) groups is 1. The van der Waals surface area contributed by atoms with Gasteiger partial charge in [0, 0.05) is 19.2 Å². The lowest BCUT2D eigenvalue weighted by Crippen LogP contribution is -2.27. The fraction of sp³-hybridized carbons (Fsp3) is 0.208. The van der Waals surface area contributed by atoms with Crippen LogP contribution >= 0.6 is 0 Å². The van der Waals surface area contributed by atoms with E-state index in [0.717, 1.165) is 30.6 Å². The van der Waals surface area contributed by atoms with Crippen LogP contribution in [0.2, 0.25) is 0 Å². The van der Waals surface area contributed by atoms with Gasteiger partial charge in [0.2, 0.25) is 0 Å². The van der Waals surface area contributed by atoms with E-state index in [4.69, 9.17) is 4.74 Å². The maximum atomic E-state index is 12.0. The Bertz CT molecular complexity index is 902. The van der Waals surface area contributed by atoms with Gasteiger partial charge in [0.1, 0.15) is 6.61 Å². The van der Waals surface area contributed by atoms with Crippen LogP contribution in [0.3, 0.4) is 0 Å². The van der Waals surface area contributed by atoms with Crippen molar-refractivity contribution in [1.29, 1.82) is 0 Å². The third-order valence-electron chi connectivity index (χ3n) is 4.53. The highest BCUT2D eigenvalue weighted by Crippen LogP contribution is 2.16. The van der Waals surface area contributed by atoms with E-state index in [2.05, 4.69) is 48.2 Å². The number of benzene rings is 3. The molecule has 3 nitrogen and oxygen atoms in total. The largest absolute Gasteiger partial charge is 0.461 e. The SMILES string of the molecule is CCN(CCOC(=O)/C=C/c1ccc2ccccc2c1)Cc1ccccc1. The van der Waals surface area contributed by atoms with Crippen LogP contribution in [0.4, 0.5) is 0 Å². The van der Waals surface area contributed by atoms with Crippen molar-refractivity contribution in [3.05, 3.63) is 90.0 Å². The van der Waals surface area contributed by atoms with E-state index in [-0.39, 0.29) is 5.97 Å². The quantitative estimate of drug-likeness (QED) is 0.422. The maximum absolute atomic E-state index is 12.0. The van der Waals surface area contributed by atoms with Gasteiger partial charge in [-0.05, 0) is 40.6 Å². The molecule has 27 heavy (non-hydrogen) atoms. The molecule has 3 aromatic carbocycles. The lowest BCUT2D eigenvalue weighted by atomic mass is 10.1. The second kappa shape index (κ2) is 9.70. The van der Waals surface area contributed by atoms with Crippen LogP contribution < -0.4 is 0 Å². The molecule has 0 saturated carbocycles. The summed E-state index contributed by atoms with van der Waals surface area (Å²) < 4.78 is 5.35. The fourth-order valence-electron chi connectivity index (χ4n) is 2.99. The second-order valence-corrected chi connectivity index (χ2v) is 6.46. The summed E-state index contributed by atoms with van der Waals surface area (Å²) in [5, 5.41) is 2.35. The molecule has 0 aliphatic rings. The van der Waals surface area contributed by atoms with Gasteiger partial charge in [0.25, 0.3) is 0 Å². The zero-order chi connectivity index (χ0) is 18.9. The number of fused-ring (bicyclic) bond motifs is 1. The Morgan fingerprint density at radius 2 is 1.70 bits per heavy atom. The summed E-state index contributed by atoms with van der Waals surface area (Å²) in [5.74, 6) is -0.307.